The van der Waals surface area contributed by atoms with Crippen LogP contribution in [0.1, 0.15) is 50.0 Å². The van der Waals surface area contributed by atoms with Crippen molar-refractivity contribution in [3.63, 3.8) is 0 Å². The van der Waals surface area contributed by atoms with E-state index in [1.165, 1.54) is 18.2 Å². The number of phenolic OH excluding ortho intramolecular Hbond substituents is 1. The normalized spacial score (nSPS) is 15.9. The number of aryl methyl sites for hydroxylation is 1. The number of rotatable bonds is 10. The highest BCUT2D eigenvalue weighted by molar-refractivity contribution is 6.31. The van der Waals surface area contributed by atoms with Crippen LogP contribution in [0.3, 0.4) is 0 Å². The molecule has 310 valence electrons. The first kappa shape index (κ1) is 41.8. The maximum Gasteiger partial charge on any atom is 0.274 e. The molecule has 13 nitrogen and oxygen atoms in total. The molecule has 2 fully saturated rings. The summed E-state index contributed by atoms with van der Waals surface area (Å²) >= 11 is 5.55. The molecule has 3 N–H and O–H groups in total. The molecule has 3 aromatic heterocycles. The van der Waals surface area contributed by atoms with Gasteiger partial charge in [-0.05, 0) is 59.7 Å². The molecule has 0 atom stereocenters. The Morgan fingerprint density at radius 1 is 0.967 bits per heavy atom. The molecule has 14 heteroatoms. The fraction of sp³-hybridized carbons (Fsp3) is 0.326. The van der Waals surface area contributed by atoms with E-state index < -0.39 is 0 Å². The Hall–Kier alpha value is -6.36. The second-order valence-corrected chi connectivity index (χ2v) is 17.0. The number of phenols is 1. The Bertz CT molecular complexity index is 2570. The maximum absolute atomic E-state index is 12.9. The van der Waals surface area contributed by atoms with Gasteiger partial charge < -0.3 is 34.3 Å². The average molecular weight is 829 g/mol. The number of para-hydroxylation sites is 1. The highest BCUT2D eigenvalue weighted by atomic mass is 35.5. The minimum Gasteiger partial charge on any atom is -0.508 e. The Labute approximate surface area is 354 Å². The molecular weight excluding hydrogens is 780 g/mol. The molecule has 0 radical (unpaired) electrons. The summed E-state index contributed by atoms with van der Waals surface area (Å²) in [4.78, 5) is 42.2. The van der Waals surface area contributed by atoms with Gasteiger partial charge in [-0.1, -0.05) is 63.6 Å². The summed E-state index contributed by atoms with van der Waals surface area (Å²) in [6.45, 7) is 13.4. The number of aromatic hydroxyl groups is 1. The third-order valence-electron chi connectivity index (χ3n) is 11.2. The van der Waals surface area contributed by atoms with Crippen molar-refractivity contribution in [3.8, 4) is 40.2 Å². The largest absolute Gasteiger partial charge is 0.508 e. The summed E-state index contributed by atoms with van der Waals surface area (Å²) in [6.07, 6.45) is 7.99. The number of pyridine rings is 1. The minimum absolute atomic E-state index is 0.0717. The second kappa shape index (κ2) is 17.5. The number of nitrogens with one attached hydrogen (secondary N) is 2. The molecule has 0 unspecified atom stereocenters. The van der Waals surface area contributed by atoms with E-state index in [1.807, 2.05) is 66.9 Å². The van der Waals surface area contributed by atoms with Gasteiger partial charge >= 0.3 is 0 Å². The van der Waals surface area contributed by atoms with E-state index in [1.54, 1.807) is 30.2 Å². The summed E-state index contributed by atoms with van der Waals surface area (Å²) in [7, 11) is 1.75. The first-order valence-electron chi connectivity index (χ1n) is 19.9. The van der Waals surface area contributed by atoms with E-state index in [0.717, 1.165) is 61.4 Å². The SMILES string of the molecule is Cn1cc(-c2ccccc2Oc2cccc(OCCN3CCN(c4ncc(C(=O)NC5C(C)(C)CC5(C)C)cn4)CC3)c2)c2cc[nH]c2c1=O.N#Cc1ccc(O)cc1Cl. The minimum atomic E-state index is -0.117. The van der Waals surface area contributed by atoms with Crippen LogP contribution in [0, 0.1) is 22.2 Å². The van der Waals surface area contributed by atoms with Gasteiger partial charge in [-0.3, -0.25) is 14.5 Å². The molecule has 1 aliphatic carbocycles. The van der Waals surface area contributed by atoms with Crippen LogP contribution in [0.25, 0.3) is 22.0 Å². The lowest BCUT2D eigenvalue weighted by Crippen LogP contribution is -2.63. The van der Waals surface area contributed by atoms with Crippen molar-refractivity contribution in [1.82, 2.24) is 29.7 Å². The van der Waals surface area contributed by atoms with Crippen molar-refractivity contribution in [3.05, 3.63) is 124 Å². The fourth-order valence-corrected chi connectivity index (χ4v) is 8.80. The highest BCUT2D eigenvalue weighted by Gasteiger charge is 2.53. The van der Waals surface area contributed by atoms with Crippen molar-refractivity contribution in [2.45, 2.75) is 40.2 Å². The Morgan fingerprint density at radius 2 is 1.68 bits per heavy atom. The van der Waals surface area contributed by atoms with Crippen molar-refractivity contribution >= 4 is 34.4 Å². The van der Waals surface area contributed by atoms with Crippen molar-refractivity contribution in [1.29, 1.82) is 5.26 Å². The van der Waals surface area contributed by atoms with Gasteiger partial charge in [0.25, 0.3) is 11.5 Å². The third kappa shape index (κ3) is 9.25. The van der Waals surface area contributed by atoms with Gasteiger partial charge in [0, 0.05) is 93.2 Å². The van der Waals surface area contributed by atoms with E-state index in [2.05, 4.69) is 57.8 Å². The Balaban J connectivity index is 0.000000478. The lowest BCUT2D eigenvalue weighted by Gasteiger charge is -2.57. The number of carbonyl (C=O) groups excluding carboxylic acids is 1. The zero-order chi connectivity index (χ0) is 42.6. The summed E-state index contributed by atoms with van der Waals surface area (Å²) < 4.78 is 14.1. The number of aromatic amines is 1. The van der Waals surface area contributed by atoms with Gasteiger partial charge in [0.05, 0.1) is 16.1 Å². The number of aromatic nitrogens is 4. The molecule has 1 saturated carbocycles. The van der Waals surface area contributed by atoms with Gasteiger partial charge in [0.15, 0.2) is 0 Å². The van der Waals surface area contributed by atoms with Crippen LogP contribution in [0.5, 0.6) is 23.0 Å². The van der Waals surface area contributed by atoms with Crippen LogP contribution in [0.4, 0.5) is 5.95 Å². The third-order valence-corrected chi connectivity index (χ3v) is 11.5. The topological polar surface area (TPSA) is 162 Å². The van der Waals surface area contributed by atoms with Crippen LogP contribution in [-0.2, 0) is 7.05 Å². The molecular formula is C46H49ClN8O5. The zero-order valence-electron chi connectivity index (χ0n) is 34.4. The standard InChI is InChI=1S/C39H45N7O4.C7H4ClNO/c1-38(2)25-39(3,4)36(38)43-34(47)26-22-41-37(42-23-26)46-17-15-45(16-18-46)19-20-49-27-9-8-10-28(21-27)50-32-12-7-6-11-29(32)31-24-44(5)35(48)33-30(31)13-14-40-33;8-7-3-6(10)2-1-5(7)4-9/h6-14,21-24,36,40H,15-20,25H2,1-5H3,(H,43,47);1-3,10H. The molecule has 0 spiro atoms. The number of anilines is 1. The summed E-state index contributed by atoms with van der Waals surface area (Å²) in [5.74, 6) is 2.69. The molecule has 4 heterocycles. The predicted octanol–water partition coefficient (Wildman–Crippen LogP) is 7.79. The molecule has 1 amide bonds. The van der Waals surface area contributed by atoms with E-state index in [-0.39, 0.29) is 39.1 Å². The van der Waals surface area contributed by atoms with Gasteiger partial charge in [-0.2, -0.15) is 5.26 Å². The number of nitriles is 1. The van der Waals surface area contributed by atoms with E-state index in [9.17, 15) is 9.59 Å². The van der Waals surface area contributed by atoms with Crippen molar-refractivity contribution in [2.75, 3.05) is 44.2 Å². The van der Waals surface area contributed by atoms with Crippen molar-refractivity contribution < 1.29 is 19.4 Å². The number of hydrogen-bond acceptors (Lipinski definition) is 10. The average Bonchev–Trinajstić information content (AvgIpc) is 3.73. The van der Waals surface area contributed by atoms with Crippen LogP contribution < -0.4 is 25.2 Å². The van der Waals surface area contributed by atoms with E-state index in [4.69, 9.17) is 31.4 Å². The number of nitrogens with zero attached hydrogens (tertiary/aromatic N) is 6. The first-order chi connectivity index (χ1) is 28.7. The number of benzene rings is 3. The van der Waals surface area contributed by atoms with Crippen molar-refractivity contribution in [2.24, 2.45) is 17.9 Å². The van der Waals surface area contributed by atoms with Gasteiger partial charge in [-0.25, -0.2) is 9.97 Å². The second-order valence-electron chi connectivity index (χ2n) is 16.6. The summed E-state index contributed by atoms with van der Waals surface area (Å²) in [6, 6.07) is 23.6. The molecule has 6 aromatic rings. The first-order valence-corrected chi connectivity index (χ1v) is 20.3. The highest BCUT2D eigenvalue weighted by Crippen LogP contribution is 2.53. The lowest BCUT2D eigenvalue weighted by atomic mass is 9.52. The van der Waals surface area contributed by atoms with E-state index in [0.29, 0.717) is 40.7 Å². The predicted molar refractivity (Wildman–Crippen MR) is 233 cm³/mol. The van der Waals surface area contributed by atoms with Crippen LogP contribution in [-0.4, -0.2) is 80.8 Å². The Morgan fingerprint density at radius 3 is 2.38 bits per heavy atom. The lowest BCUT2D eigenvalue weighted by molar-refractivity contribution is -0.0366. The monoisotopic (exact) mass is 828 g/mol. The number of hydrogen-bond donors (Lipinski definition) is 3. The van der Waals surface area contributed by atoms with Crippen LogP contribution in [0.15, 0.2) is 102 Å². The van der Waals surface area contributed by atoms with Crippen LogP contribution >= 0.6 is 11.6 Å². The molecule has 3 aromatic carbocycles. The molecule has 1 aliphatic heterocycles. The molecule has 0 bridgehead atoms. The fourth-order valence-electron chi connectivity index (χ4n) is 8.59. The molecule has 2 aliphatic rings. The van der Waals surface area contributed by atoms with Gasteiger partial charge in [0.1, 0.15) is 41.2 Å². The maximum atomic E-state index is 12.9. The number of halogens is 1. The number of fused-ring (bicyclic) bond motifs is 1. The van der Waals surface area contributed by atoms with Gasteiger partial charge in [0.2, 0.25) is 5.95 Å². The molecule has 1 saturated heterocycles. The van der Waals surface area contributed by atoms with Crippen LogP contribution in [0.2, 0.25) is 5.02 Å². The number of amides is 1. The molecule has 8 rings (SSSR count). The quantitative estimate of drug-likeness (QED) is 0.124. The zero-order valence-corrected chi connectivity index (χ0v) is 35.2. The number of H-pyrrole nitrogens is 1. The number of piperazine rings is 1. The van der Waals surface area contributed by atoms with E-state index >= 15 is 0 Å². The van der Waals surface area contributed by atoms with Gasteiger partial charge in [-0.15, -0.1) is 0 Å². The summed E-state index contributed by atoms with van der Waals surface area (Å²) in [5.41, 5.74) is 3.33. The number of carbonyl (C=O) groups is 1. The smallest absolute Gasteiger partial charge is 0.274 e. The number of ether oxygens (including phenoxy) is 2. The summed E-state index contributed by atoms with van der Waals surface area (Å²) in [5, 5.41) is 21.6. The molecule has 60 heavy (non-hydrogen) atoms. The Kier molecular flexibility index (Phi) is 12.2.